The second-order valence-electron chi connectivity index (χ2n) is 3.67. The van der Waals surface area contributed by atoms with Crippen LogP contribution in [0.2, 0.25) is 0 Å². The van der Waals surface area contributed by atoms with Gasteiger partial charge in [0.05, 0.1) is 5.41 Å². The number of hydrogen-bond donors (Lipinski definition) is 0. The summed E-state index contributed by atoms with van der Waals surface area (Å²) in [6.45, 7) is 5.33. The molecule has 0 aromatic carbocycles. The van der Waals surface area contributed by atoms with Crippen LogP contribution in [0.3, 0.4) is 0 Å². The minimum absolute atomic E-state index is 0.0995. The molecule has 0 radical (unpaired) electrons. The summed E-state index contributed by atoms with van der Waals surface area (Å²) in [5.41, 5.74) is -0.529. The Hall–Kier alpha value is -1.45. The Morgan fingerprint density at radius 3 is 2.31 bits per heavy atom. The number of rotatable bonds is 1. The number of carbonyl (C=O) groups excluding carboxylic acids is 1. The van der Waals surface area contributed by atoms with E-state index in [1.807, 2.05) is 0 Å². The van der Waals surface area contributed by atoms with Gasteiger partial charge in [0.15, 0.2) is 0 Å². The lowest BCUT2D eigenvalue weighted by Gasteiger charge is -2.14. The molecule has 1 rings (SSSR count). The smallest absolute Gasteiger partial charge is 0.324 e. The number of aromatic nitrogens is 2. The van der Waals surface area contributed by atoms with Crippen molar-refractivity contribution in [3.8, 4) is 6.01 Å². The summed E-state index contributed by atoms with van der Waals surface area (Å²) in [5, 5.41) is 0. The van der Waals surface area contributed by atoms with Crippen molar-refractivity contribution in [3.05, 3.63) is 18.5 Å². The first-order valence-electron chi connectivity index (χ1n) is 3.99. The van der Waals surface area contributed by atoms with Gasteiger partial charge < -0.3 is 4.74 Å². The molecule has 0 saturated heterocycles. The summed E-state index contributed by atoms with van der Waals surface area (Å²) in [7, 11) is 0. The Bertz CT molecular complexity index is 290. The van der Waals surface area contributed by atoms with Gasteiger partial charge in [0.1, 0.15) is 0 Å². The van der Waals surface area contributed by atoms with Gasteiger partial charge in [0.25, 0.3) is 0 Å². The van der Waals surface area contributed by atoms with E-state index < -0.39 is 5.41 Å². The molecule has 0 spiro atoms. The van der Waals surface area contributed by atoms with E-state index >= 15 is 0 Å². The third-order valence-corrected chi connectivity index (χ3v) is 1.34. The highest BCUT2D eigenvalue weighted by Gasteiger charge is 2.24. The molecular formula is C9H12N2O2. The molecule has 0 aliphatic rings. The van der Waals surface area contributed by atoms with Gasteiger partial charge in [-0.05, 0) is 26.8 Å². The van der Waals surface area contributed by atoms with Gasteiger partial charge in [-0.15, -0.1) is 0 Å². The lowest BCUT2D eigenvalue weighted by atomic mass is 9.98. The predicted molar refractivity (Wildman–Crippen MR) is 47.1 cm³/mol. The van der Waals surface area contributed by atoms with Gasteiger partial charge in [-0.25, -0.2) is 9.97 Å². The highest BCUT2D eigenvalue weighted by molar-refractivity contribution is 5.77. The van der Waals surface area contributed by atoms with Crippen molar-refractivity contribution in [2.24, 2.45) is 5.41 Å². The van der Waals surface area contributed by atoms with E-state index in [1.54, 1.807) is 26.8 Å². The van der Waals surface area contributed by atoms with Gasteiger partial charge in [0.2, 0.25) is 0 Å². The maximum atomic E-state index is 11.3. The van der Waals surface area contributed by atoms with Crippen molar-refractivity contribution in [2.45, 2.75) is 20.8 Å². The van der Waals surface area contributed by atoms with E-state index in [-0.39, 0.29) is 12.0 Å². The van der Waals surface area contributed by atoms with Crippen LogP contribution in [0.4, 0.5) is 0 Å². The molecule has 0 unspecified atom stereocenters. The molecule has 70 valence electrons. The number of hydrogen-bond acceptors (Lipinski definition) is 4. The largest absolute Gasteiger partial charge is 0.390 e. The fourth-order valence-corrected chi connectivity index (χ4v) is 0.574. The van der Waals surface area contributed by atoms with Crippen LogP contribution in [0.15, 0.2) is 18.5 Å². The fourth-order valence-electron chi connectivity index (χ4n) is 0.574. The molecule has 0 fully saturated rings. The van der Waals surface area contributed by atoms with E-state index in [9.17, 15) is 4.79 Å². The Morgan fingerprint density at radius 1 is 1.31 bits per heavy atom. The monoisotopic (exact) mass is 180 g/mol. The molecule has 0 saturated carbocycles. The number of carbonyl (C=O) groups is 1. The standard InChI is InChI=1S/C9H12N2O2/c1-9(2,3)7(12)13-8-10-5-4-6-11-8/h4-6H,1-3H3. The maximum absolute atomic E-state index is 11.3. The van der Waals surface area contributed by atoms with Crippen molar-refractivity contribution < 1.29 is 9.53 Å². The Labute approximate surface area is 77.0 Å². The molecule has 0 amide bonds. The van der Waals surface area contributed by atoms with Crippen LogP contribution in [0.5, 0.6) is 6.01 Å². The van der Waals surface area contributed by atoms with E-state index in [4.69, 9.17) is 4.74 Å². The quantitative estimate of drug-likeness (QED) is 0.613. The average Bonchev–Trinajstić information content (AvgIpc) is 2.04. The van der Waals surface area contributed by atoms with Crippen molar-refractivity contribution in [1.82, 2.24) is 9.97 Å². The molecule has 0 aliphatic carbocycles. The number of esters is 1. The van der Waals surface area contributed by atoms with Crippen molar-refractivity contribution >= 4 is 5.97 Å². The van der Waals surface area contributed by atoms with Gasteiger partial charge in [-0.3, -0.25) is 4.79 Å². The molecule has 4 heteroatoms. The first-order chi connectivity index (χ1) is 6.00. The molecule has 0 N–H and O–H groups in total. The SMILES string of the molecule is CC(C)(C)C(=O)Oc1ncccn1. The lowest BCUT2D eigenvalue weighted by Crippen LogP contribution is -2.26. The lowest BCUT2D eigenvalue weighted by molar-refractivity contribution is -0.143. The van der Waals surface area contributed by atoms with E-state index in [2.05, 4.69) is 9.97 Å². The van der Waals surface area contributed by atoms with E-state index in [0.29, 0.717) is 0 Å². The highest BCUT2D eigenvalue weighted by atomic mass is 16.5. The molecule has 0 aliphatic heterocycles. The van der Waals surface area contributed by atoms with Gasteiger partial charge in [-0.2, -0.15) is 0 Å². The molecule has 1 aromatic rings. The maximum Gasteiger partial charge on any atom is 0.324 e. The highest BCUT2D eigenvalue weighted by Crippen LogP contribution is 2.15. The molecule has 0 bridgehead atoms. The third kappa shape index (κ3) is 2.82. The zero-order valence-corrected chi connectivity index (χ0v) is 7.94. The van der Waals surface area contributed by atoms with E-state index in [0.717, 1.165) is 0 Å². The third-order valence-electron chi connectivity index (χ3n) is 1.34. The minimum Gasteiger partial charge on any atom is -0.390 e. The summed E-state index contributed by atoms with van der Waals surface area (Å²) in [5.74, 6) is -0.335. The van der Waals surface area contributed by atoms with Crippen molar-refractivity contribution in [2.75, 3.05) is 0 Å². The zero-order chi connectivity index (χ0) is 9.90. The summed E-state index contributed by atoms with van der Waals surface area (Å²) in [6, 6.07) is 1.76. The molecule has 13 heavy (non-hydrogen) atoms. The summed E-state index contributed by atoms with van der Waals surface area (Å²) < 4.78 is 4.92. The summed E-state index contributed by atoms with van der Waals surface area (Å²) in [6.07, 6.45) is 3.05. The first-order valence-corrected chi connectivity index (χ1v) is 3.99. The van der Waals surface area contributed by atoms with Gasteiger partial charge in [0, 0.05) is 12.4 Å². The predicted octanol–water partition coefficient (Wildman–Crippen LogP) is 1.43. The second-order valence-corrected chi connectivity index (χ2v) is 3.67. The average molecular weight is 180 g/mol. The topological polar surface area (TPSA) is 52.1 Å². The molecule has 1 heterocycles. The molecule has 4 nitrogen and oxygen atoms in total. The van der Waals surface area contributed by atoms with Crippen LogP contribution in [0, 0.1) is 5.41 Å². The van der Waals surface area contributed by atoms with Crippen LogP contribution in [0.25, 0.3) is 0 Å². The molecule has 1 aromatic heterocycles. The van der Waals surface area contributed by atoms with Crippen molar-refractivity contribution in [3.63, 3.8) is 0 Å². The Balaban J connectivity index is 2.66. The van der Waals surface area contributed by atoms with Gasteiger partial charge >= 0.3 is 12.0 Å². The van der Waals surface area contributed by atoms with Crippen molar-refractivity contribution in [1.29, 1.82) is 0 Å². The van der Waals surface area contributed by atoms with Crippen LogP contribution >= 0.6 is 0 Å². The molecular weight excluding hydrogens is 168 g/mol. The van der Waals surface area contributed by atoms with Gasteiger partial charge in [-0.1, -0.05) is 0 Å². The zero-order valence-electron chi connectivity index (χ0n) is 7.94. The Kier molecular flexibility index (Phi) is 2.60. The first kappa shape index (κ1) is 9.64. The van der Waals surface area contributed by atoms with E-state index in [1.165, 1.54) is 12.4 Å². The van der Waals surface area contributed by atoms with Crippen LogP contribution < -0.4 is 4.74 Å². The second kappa shape index (κ2) is 3.51. The fraction of sp³-hybridized carbons (Fsp3) is 0.444. The minimum atomic E-state index is -0.529. The van der Waals surface area contributed by atoms with Crippen LogP contribution in [-0.4, -0.2) is 15.9 Å². The summed E-state index contributed by atoms with van der Waals surface area (Å²) in [4.78, 5) is 18.9. The molecule has 0 atom stereocenters. The van der Waals surface area contributed by atoms with Crippen LogP contribution in [0.1, 0.15) is 20.8 Å². The Morgan fingerprint density at radius 2 is 1.85 bits per heavy atom. The number of nitrogens with zero attached hydrogens (tertiary/aromatic N) is 2. The van der Waals surface area contributed by atoms with Crippen LogP contribution in [-0.2, 0) is 4.79 Å². The normalized spacial score (nSPS) is 11.0. The summed E-state index contributed by atoms with van der Waals surface area (Å²) >= 11 is 0. The number of ether oxygens (including phenoxy) is 1.